The van der Waals surface area contributed by atoms with E-state index in [9.17, 15) is 0 Å². The number of rotatable bonds is 1. The number of hydrogen-bond donors (Lipinski definition) is 1. The van der Waals surface area contributed by atoms with Crippen LogP contribution in [-0.4, -0.2) is 18.7 Å². The quantitative estimate of drug-likeness (QED) is 0.474. The van der Waals surface area contributed by atoms with E-state index in [-0.39, 0.29) is 0 Å². The highest BCUT2D eigenvalue weighted by Gasteiger charge is 1.81. The van der Waals surface area contributed by atoms with Crippen LogP contribution in [0.4, 0.5) is 0 Å². The number of ether oxygens (including phenoxy) is 1. The fraction of sp³-hybridized carbons (Fsp3) is 0.667. The lowest BCUT2D eigenvalue weighted by Crippen LogP contribution is -2.11. The molecule has 36 valence electrons. The maximum Gasteiger partial charge on any atom is 0.172 e. The fourth-order valence-corrected chi connectivity index (χ4v) is 0.0833. The van der Waals surface area contributed by atoms with E-state index in [1.807, 2.05) is 0 Å². The molecule has 0 aromatic rings. The summed E-state index contributed by atoms with van der Waals surface area (Å²) in [5, 5.41) is 0.454. The molecule has 0 heterocycles. The second-order valence-corrected chi connectivity index (χ2v) is 1.24. The van der Waals surface area contributed by atoms with E-state index >= 15 is 0 Å². The molecule has 0 bridgehead atoms. The van der Waals surface area contributed by atoms with Crippen LogP contribution in [0.25, 0.3) is 0 Å². The van der Waals surface area contributed by atoms with Gasteiger partial charge in [-0.15, -0.1) is 0 Å². The van der Waals surface area contributed by atoms with Crippen LogP contribution in [0.1, 0.15) is 0 Å². The van der Waals surface area contributed by atoms with Crippen LogP contribution in [0.5, 0.6) is 0 Å². The van der Waals surface area contributed by atoms with Crippen molar-refractivity contribution >= 4 is 17.3 Å². The normalized spacial score (nSPS) is 7.67. The molecule has 0 radical (unpaired) electrons. The molecule has 0 amide bonds. The molecule has 0 saturated heterocycles. The van der Waals surface area contributed by atoms with Crippen molar-refractivity contribution in [3.8, 4) is 0 Å². The molecule has 6 heavy (non-hydrogen) atoms. The van der Waals surface area contributed by atoms with Crippen molar-refractivity contribution in [2.75, 3.05) is 13.7 Å². The van der Waals surface area contributed by atoms with Crippen LogP contribution < -0.4 is 5.73 Å². The standard InChI is InChI=1S/C3H7NOS/c1-5-3(6)2-4/h2,4H2,1H3. The molecule has 0 spiro atoms. The fourth-order valence-electron chi connectivity index (χ4n) is 0.0833. The van der Waals surface area contributed by atoms with Crippen molar-refractivity contribution in [3.63, 3.8) is 0 Å². The predicted octanol–water partition coefficient (Wildman–Crippen LogP) is -0.0811. The second kappa shape index (κ2) is 3.06. The SMILES string of the molecule is COC(=S)CN. The average molecular weight is 105 g/mol. The minimum atomic E-state index is 0.339. The molecule has 0 atom stereocenters. The summed E-state index contributed by atoms with van der Waals surface area (Å²) in [6.07, 6.45) is 0. The molecule has 2 N–H and O–H groups in total. The van der Waals surface area contributed by atoms with Crippen LogP contribution in [0.2, 0.25) is 0 Å². The van der Waals surface area contributed by atoms with Crippen molar-refractivity contribution in [3.05, 3.63) is 0 Å². The Kier molecular flexibility index (Phi) is 2.98. The Bertz CT molecular complexity index is 48.8. The molecule has 2 nitrogen and oxygen atoms in total. The van der Waals surface area contributed by atoms with Crippen molar-refractivity contribution in [2.24, 2.45) is 5.73 Å². The van der Waals surface area contributed by atoms with Gasteiger partial charge in [0, 0.05) is 0 Å². The highest BCUT2D eigenvalue weighted by Crippen LogP contribution is 1.69. The Labute approximate surface area is 42.3 Å². The van der Waals surface area contributed by atoms with Crippen molar-refractivity contribution < 1.29 is 4.74 Å². The minimum absolute atomic E-state index is 0.339. The van der Waals surface area contributed by atoms with Crippen LogP contribution in [0.3, 0.4) is 0 Å². The third-order valence-electron chi connectivity index (χ3n) is 0.394. The first-order valence-corrected chi connectivity index (χ1v) is 1.99. The van der Waals surface area contributed by atoms with Crippen molar-refractivity contribution in [2.45, 2.75) is 0 Å². The lowest BCUT2D eigenvalue weighted by molar-refractivity contribution is 0.408. The lowest BCUT2D eigenvalue weighted by Gasteiger charge is -1.91. The topological polar surface area (TPSA) is 35.2 Å². The van der Waals surface area contributed by atoms with Crippen molar-refractivity contribution in [1.29, 1.82) is 0 Å². The number of nitrogens with two attached hydrogens (primary N) is 1. The van der Waals surface area contributed by atoms with E-state index in [2.05, 4.69) is 17.0 Å². The third-order valence-corrected chi connectivity index (χ3v) is 0.728. The first-order valence-electron chi connectivity index (χ1n) is 1.58. The maximum absolute atomic E-state index is 5.02. The van der Waals surface area contributed by atoms with Crippen LogP contribution in [-0.2, 0) is 4.74 Å². The first kappa shape index (κ1) is 5.85. The predicted molar refractivity (Wildman–Crippen MR) is 28.7 cm³/mol. The molecule has 0 fully saturated rings. The number of thiocarbonyl (C=S) groups is 1. The van der Waals surface area contributed by atoms with Crippen LogP contribution >= 0.6 is 12.2 Å². The van der Waals surface area contributed by atoms with Gasteiger partial charge in [-0.1, -0.05) is 0 Å². The van der Waals surface area contributed by atoms with Gasteiger partial charge < -0.3 is 10.5 Å². The molecular formula is C3H7NOS. The van der Waals surface area contributed by atoms with E-state index in [0.29, 0.717) is 11.6 Å². The maximum atomic E-state index is 5.02. The van der Waals surface area contributed by atoms with Gasteiger partial charge in [0.15, 0.2) is 5.05 Å². The molecule has 0 aromatic heterocycles. The molecule has 0 aliphatic rings. The van der Waals surface area contributed by atoms with Gasteiger partial charge in [-0.25, -0.2) is 0 Å². The summed E-state index contributed by atoms with van der Waals surface area (Å²) < 4.78 is 4.51. The molecule has 0 aliphatic heterocycles. The van der Waals surface area contributed by atoms with Crippen molar-refractivity contribution in [1.82, 2.24) is 0 Å². The Morgan fingerprint density at radius 2 is 2.50 bits per heavy atom. The molecular weight excluding hydrogens is 98.1 g/mol. The molecule has 0 saturated carbocycles. The van der Waals surface area contributed by atoms with E-state index in [4.69, 9.17) is 5.73 Å². The van der Waals surface area contributed by atoms with Gasteiger partial charge in [0.1, 0.15) is 0 Å². The van der Waals surface area contributed by atoms with Gasteiger partial charge in [0.25, 0.3) is 0 Å². The minimum Gasteiger partial charge on any atom is -0.489 e. The summed E-state index contributed by atoms with van der Waals surface area (Å²) in [5.74, 6) is 0. The van der Waals surface area contributed by atoms with Crippen LogP contribution in [0.15, 0.2) is 0 Å². The largest absolute Gasteiger partial charge is 0.489 e. The highest BCUT2D eigenvalue weighted by molar-refractivity contribution is 7.80. The van der Waals surface area contributed by atoms with Gasteiger partial charge in [-0.3, -0.25) is 0 Å². The van der Waals surface area contributed by atoms with E-state index < -0.39 is 0 Å². The van der Waals surface area contributed by atoms with E-state index in [1.165, 1.54) is 7.11 Å². The lowest BCUT2D eigenvalue weighted by atomic mass is 10.7. The zero-order valence-corrected chi connectivity index (χ0v) is 4.42. The molecule has 3 heteroatoms. The monoisotopic (exact) mass is 105 g/mol. The third kappa shape index (κ3) is 2.11. The van der Waals surface area contributed by atoms with E-state index in [1.54, 1.807) is 0 Å². The van der Waals surface area contributed by atoms with Gasteiger partial charge in [-0.2, -0.15) is 0 Å². The Balaban J connectivity index is 2.99. The summed E-state index contributed by atoms with van der Waals surface area (Å²) >= 11 is 4.51. The average Bonchev–Trinajstić information content (AvgIpc) is 1.65. The molecule has 0 unspecified atom stereocenters. The number of methoxy groups -OCH3 is 1. The number of hydrogen-bond acceptors (Lipinski definition) is 3. The van der Waals surface area contributed by atoms with Gasteiger partial charge >= 0.3 is 0 Å². The van der Waals surface area contributed by atoms with Gasteiger partial charge in [-0.05, 0) is 12.2 Å². The summed E-state index contributed by atoms with van der Waals surface area (Å²) in [6.45, 7) is 0.339. The smallest absolute Gasteiger partial charge is 0.172 e. The van der Waals surface area contributed by atoms with Gasteiger partial charge in [0.05, 0.1) is 13.7 Å². The first-order chi connectivity index (χ1) is 2.81. The molecule has 0 rings (SSSR count). The highest BCUT2D eigenvalue weighted by atomic mass is 32.1. The van der Waals surface area contributed by atoms with Gasteiger partial charge in [0.2, 0.25) is 0 Å². The van der Waals surface area contributed by atoms with Crippen LogP contribution in [0, 0.1) is 0 Å². The molecule has 0 aliphatic carbocycles. The summed E-state index contributed by atoms with van der Waals surface area (Å²) in [6, 6.07) is 0. The Hall–Kier alpha value is -0.150. The zero-order chi connectivity index (χ0) is 4.99. The Morgan fingerprint density at radius 1 is 2.00 bits per heavy atom. The summed E-state index contributed by atoms with van der Waals surface area (Å²) in [5.41, 5.74) is 5.02. The zero-order valence-electron chi connectivity index (χ0n) is 3.60. The Morgan fingerprint density at radius 3 is 2.50 bits per heavy atom. The van der Waals surface area contributed by atoms with E-state index in [0.717, 1.165) is 0 Å². The molecule has 0 aromatic carbocycles. The second-order valence-electron chi connectivity index (χ2n) is 0.780. The summed E-state index contributed by atoms with van der Waals surface area (Å²) in [7, 11) is 1.51. The summed E-state index contributed by atoms with van der Waals surface area (Å²) in [4.78, 5) is 0.